The highest BCUT2D eigenvalue weighted by Crippen LogP contribution is 2.07. The number of carboxylic acids is 1. The van der Waals surface area contributed by atoms with Crippen molar-refractivity contribution < 1.29 is 19.4 Å². The molecule has 1 aromatic carbocycles. The molecule has 0 N–H and O–H groups in total. The van der Waals surface area contributed by atoms with Gasteiger partial charge in [0.2, 0.25) is 0 Å². The molecule has 0 bridgehead atoms. The fraction of sp³-hybridized carbons (Fsp3) is 0.0909. The lowest BCUT2D eigenvalue weighted by molar-refractivity contribution is -0.298. The monoisotopic (exact) mass is 205 g/mol. The molecule has 0 unspecified atom stereocenters. The van der Waals surface area contributed by atoms with Gasteiger partial charge < -0.3 is 14.6 Å². The van der Waals surface area contributed by atoms with Crippen molar-refractivity contribution in [3.8, 4) is 0 Å². The number of methoxy groups -OCH3 is 1. The van der Waals surface area contributed by atoms with Gasteiger partial charge in [0.25, 0.3) is 0 Å². The van der Waals surface area contributed by atoms with Crippen molar-refractivity contribution in [2.24, 2.45) is 0 Å². The second-order valence-electron chi connectivity index (χ2n) is 2.75. The van der Waals surface area contributed by atoms with Crippen LogP contribution in [0.2, 0.25) is 0 Å². The Bertz CT molecular complexity index is 392. The molecule has 0 saturated heterocycles. The topological polar surface area (TPSA) is 66.4 Å². The van der Waals surface area contributed by atoms with Crippen LogP contribution in [0.3, 0.4) is 0 Å². The third kappa shape index (κ3) is 2.95. The fourth-order valence-corrected chi connectivity index (χ4v) is 1.03. The van der Waals surface area contributed by atoms with Gasteiger partial charge in [-0.15, -0.1) is 0 Å². The third-order valence-corrected chi connectivity index (χ3v) is 1.74. The van der Waals surface area contributed by atoms with Crippen LogP contribution in [0.25, 0.3) is 6.08 Å². The number of carbonyl (C=O) groups excluding carboxylic acids is 2. The summed E-state index contributed by atoms with van der Waals surface area (Å²) in [5, 5.41) is 10.6. The first kappa shape index (κ1) is 11.0. The zero-order valence-electron chi connectivity index (χ0n) is 8.10. The first-order valence-electron chi connectivity index (χ1n) is 4.21. The minimum Gasteiger partial charge on any atom is -0.545 e. The average molecular weight is 205 g/mol. The molecular weight excluding hydrogens is 196 g/mol. The Morgan fingerprint density at radius 1 is 1.27 bits per heavy atom. The maximum absolute atomic E-state index is 11.0. The maximum Gasteiger partial charge on any atom is 0.339 e. The molecular formula is C11H9O4-. The van der Waals surface area contributed by atoms with Crippen LogP contribution in [0, 0.1) is 0 Å². The Balaban J connectivity index is 3.05. The number of benzene rings is 1. The highest BCUT2D eigenvalue weighted by Gasteiger charge is 2.10. The molecule has 0 atom stereocenters. The van der Waals surface area contributed by atoms with Crippen LogP contribution in [-0.2, 0) is 14.3 Å². The smallest absolute Gasteiger partial charge is 0.339 e. The first-order chi connectivity index (χ1) is 7.15. The molecule has 78 valence electrons. The molecule has 0 heterocycles. The predicted octanol–water partition coefficient (Wildman–Crippen LogP) is -0.00710. The van der Waals surface area contributed by atoms with E-state index in [1.807, 2.05) is 0 Å². The van der Waals surface area contributed by atoms with Crippen LogP contribution >= 0.6 is 0 Å². The van der Waals surface area contributed by atoms with E-state index in [4.69, 9.17) is 0 Å². The van der Waals surface area contributed by atoms with E-state index in [9.17, 15) is 14.7 Å². The minimum absolute atomic E-state index is 0.497. The first-order valence-corrected chi connectivity index (χ1v) is 4.21. The summed E-state index contributed by atoms with van der Waals surface area (Å²) >= 11 is 0. The molecule has 15 heavy (non-hydrogen) atoms. The number of carbonyl (C=O) groups is 2. The summed E-state index contributed by atoms with van der Waals surface area (Å²) in [6.45, 7) is 0. The van der Waals surface area contributed by atoms with Crippen molar-refractivity contribution >= 4 is 18.0 Å². The second kappa shape index (κ2) is 4.95. The molecule has 4 heteroatoms. The standard InChI is InChI=1S/C11H10O4/c1-15-11(14)9(10(12)13)7-8-5-3-2-4-6-8/h2-7H,1H3,(H,12,13)/p-1/b9-7-. The van der Waals surface area contributed by atoms with Gasteiger partial charge in [-0.3, -0.25) is 0 Å². The largest absolute Gasteiger partial charge is 0.545 e. The molecule has 0 radical (unpaired) electrons. The van der Waals surface area contributed by atoms with Crippen LogP contribution in [0.15, 0.2) is 35.9 Å². The van der Waals surface area contributed by atoms with E-state index in [0.29, 0.717) is 5.56 Å². The summed E-state index contributed by atoms with van der Waals surface area (Å²) < 4.78 is 4.32. The minimum atomic E-state index is -1.55. The molecule has 0 aliphatic rings. The molecule has 1 aromatic rings. The van der Waals surface area contributed by atoms with E-state index >= 15 is 0 Å². The van der Waals surface area contributed by atoms with Crippen LogP contribution in [-0.4, -0.2) is 19.0 Å². The van der Waals surface area contributed by atoms with Gasteiger partial charge in [0, 0.05) is 0 Å². The number of rotatable bonds is 3. The van der Waals surface area contributed by atoms with Gasteiger partial charge in [0.1, 0.15) is 0 Å². The number of hydrogen-bond donors (Lipinski definition) is 0. The Morgan fingerprint density at radius 3 is 2.33 bits per heavy atom. The van der Waals surface area contributed by atoms with Gasteiger partial charge in [-0.1, -0.05) is 30.3 Å². The van der Waals surface area contributed by atoms with Crippen molar-refractivity contribution in [3.05, 3.63) is 41.5 Å². The number of carboxylic acid groups (broad SMARTS) is 1. The number of ether oxygens (including phenoxy) is 1. The van der Waals surface area contributed by atoms with Gasteiger partial charge in [-0.25, -0.2) is 4.79 Å². The number of esters is 1. The van der Waals surface area contributed by atoms with Crippen molar-refractivity contribution in [2.45, 2.75) is 0 Å². The Labute approximate surface area is 86.8 Å². The van der Waals surface area contributed by atoms with Crippen LogP contribution < -0.4 is 5.11 Å². The molecule has 0 aromatic heterocycles. The van der Waals surface area contributed by atoms with Crippen molar-refractivity contribution in [1.29, 1.82) is 0 Å². The molecule has 0 spiro atoms. The van der Waals surface area contributed by atoms with Crippen LogP contribution in [0.5, 0.6) is 0 Å². The van der Waals surface area contributed by atoms with Crippen LogP contribution in [0.4, 0.5) is 0 Å². The van der Waals surface area contributed by atoms with Crippen molar-refractivity contribution in [1.82, 2.24) is 0 Å². The number of hydrogen-bond acceptors (Lipinski definition) is 4. The Kier molecular flexibility index (Phi) is 3.62. The van der Waals surface area contributed by atoms with Crippen molar-refractivity contribution in [2.75, 3.05) is 7.11 Å². The Morgan fingerprint density at radius 2 is 1.87 bits per heavy atom. The highest BCUT2D eigenvalue weighted by molar-refractivity contribution is 6.16. The molecule has 0 amide bonds. The SMILES string of the molecule is COC(=O)/C(=C\c1ccccc1)C(=O)[O-]. The summed E-state index contributed by atoms with van der Waals surface area (Å²) in [5.41, 5.74) is 0.103. The zero-order valence-corrected chi connectivity index (χ0v) is 8.10. The van der Waals surface area contributed by atoms with Gasteiger partial charge in [-0.05, 0) is 11.6 Å². The van der Waals surface area contributed by atoms with E-state index in [2.05, 4.69) is 4.74 Å². The summed E-state index contributed by atoms with van der Waals surface area (Å²) in [4.78, 5) is 21.7. The van der Waals surface area contributed by atoms with E-state index in [0.717, 1.165) is 7.11 Å². The summed E-state index contributed by atoms with van der Waals surface area (Å²) in [6, 6.07) is 8.60. The average Bonchev–Trinajstić information content (AvgIpc) is 2.26. The van der Waals surface area contributed by atoms with E-state index in [1.165, 1.54) is 6.08 Å². The third-order valence-electron chi connectivity index (χ3n) is 1.74. The van der Waals surface area contributed by atoms with Gasteiger partial charge in [0.05, 0.1) is 18.7 Å². The lowest BCUT2D eigenvalue weighted by atomic mass is 10.1. The summed E-state index contributed by atoms with van der Waals surface area (Å²) in [7, 11) is 1.12. The molecule has 4 nitrogen and oxygen atoms in total. The molecule has 0 fully saturated rings. The molecule has 0 saturated carbocycles. The van der Waals surface area contributed by atoms with Gasteiger partial charge in [-0.2, -0.15) is 0 Å². The van der Waals surface area contributed by atoms with E-state index < -0.39 is 17.5 Å². The maximum atomic E-state index is 11.0. The number of aliphatic carboxylic acids is 1. The zero-order chi connectivity index (χ0) is 11.3. The second-order valence-corrected chi connectivity index (χ2v) is 2.75. The molecule has 1 rings (SSSR count). The normalized spacial score (nSPS) is 10.9. The quantitative estimate of drug-likeness (QED) is 0.301. The summed E-state index contributed by atoms with van der Waals surface area (Å²) in [5.74, 6) is -2.47. The summed E-state index contributed by atoms with van der Waals surface area (Å²) in [6.07, 6.45) is 1.21. The van der Waals surface area contributed by atoms with E-state index in [-0.39, 0.29) is 0 Å². The highest BCUT2D eigenvalue weighted by atomic mass is 16.5. The Hall–Kier alpha value is -2.10. The van der Waals surface area contributed by atoms with Gasteiger partial charge in [0.15, 0.2) is 0 Å². The lowest BCUT2D eigenvalue weighted by Crippen LogP contribution is -2.29. The van der Waals surface area contributed by atoms with Crippen LogP contribution in [0.1, 0.15) is 5.56 Å². The predicted molar refractivity (Wildman–Crippen MR) is 51.4 cm³/mol. The fourth-order valence-electron chi connectivity index (χ4n) is 1.03. The lowest BCUT2D eigenvalue weighted by Gasteiger charge is -2.05. The van der Waals surface area contributed by atoms with Gasteiger partial charge >= 0.3 is 5.97 Å². The van der Waals surface area contributed by atoms with Crippen molar-refractivity contribution in [3.63, 3.8) is 0 Å². The molecule has 0 aliphatic carbocycles. The molecule has 0 aliphatic heterocycles. The van der Waals surface area contributed by atoms with E-state index in [1.54, 1.807) is 30.3 Å².